The number of hydrogen-bond donors (Lipinski definition) is 1. The van der Waals surface area contributed by atoms with Crippen LogP contribution in [-0.2, 0) is 4.79 Å². The van der Waals surface area contributed by atoms with Gasteiger partial charge in [-0.05, 0) is 18.1 Å². The highest BCUT2D eigenvalue weighted by Gasteiger charge is 2.39. The number of rotatable bonds is 2. The lowest BCUT2D eigenvalue weighted by atomic mass is 10.0. The van der Waals surface area contributed by atoms with Gasteiger partial charge in [0.05, 0.1) is 5.70 Å². The molecule has 1 N–H and O–H groups in total. The van der Waals surface area contributed by atoms with Gasteiger partial charge in [-0.3, -0.25) is 9.69 Å². The second-order valence-electron chi connectivity index (χ2n) is 4.78. The Morgan fingerprint density at radius 2 is 2.11 bits per heavy atom. The Morgan fingerprint density at radius 1 is 1.42 bits per heavy atom. The predicted octanol–water partition coefficient (Wildman–Crippen LogP) is 2.75. The third-order valence-corrected chi connectivity index (χ3v) is 3.07. The van der Waals surface area contributed by atoms with Gasteiger partial charge in [0, 0.05) is 11.6 Å². The van der Waals surface area contributed by atoms with Crippen molar-refractivity contribution in [2.45, 2.75) is 19.9 Å². The molecule has 1 aliphatic rings. The highest BCUT2D eigenvalue weighted by Crippen LogP contribution is 2.31. The molecule has 0 aromatic heterocycles. The average molecular weight is 263 g/mol. The van der Waals surface area contributed by atoms with E-state index in [9.17, 15) is 19.1 Å². The Morgan fingerprint density at radius 3 is 2.63 bits per heavy atom. The van der Waals surface area contributed by atoms with Crippen LogP contribution in [0.3, 0.4) is 0 Å². The van der Waals surface area contributed by atoms with Gasteiger partial charge in [-0.2, -0.15) is 0 Å². The fourth-order valence-corrected chi connectivity index (χ4v) is 2.29. The second kappa shape index (κ2) is 4.84. The van der Waals surface area contributed by atoms with Crippen LogP contribution < -0.4 is 0 Å². The molecule has 0 saturated heterocycles. The van der Waals surface area contributed by atoms with Gasteiger partial charge < -0.3 is 5.11 Å². The molecule has 4 nitrogen and oxygen atoms in total. The number of carbonyl (C=O) groups excluding carboxylic acids is 1. The monoisotopic (exact) mass is 263 g/mol. The highest BCUT2D eigenvalue weighted by atomic mass is 19.1. The largest absolute Gasteiger partial charge is 0.465 e. The van der Waals surface area contributed by atoms with E-state index in [1.54, 1.807) is 19.9 Å². The summed E-state index contributed by atoms with van der Waals surface area (Å²) in [6.07, 6.45) is 0.0631. The zero-order chi connectivity index (χ0) is 14.2. The summed E-state index contributed by atoms with van der Waals surface area (Å²) in [4.78, 5) is 24.3. The van der Waals surface area contributed by atoms with Crippen LogP contribution in [0.2, 0.25) is 0 Å². The average Bonchev–Trinajstić information content (AvgIpc) is 2.67. The summed E-state index contributed by atoms with van der Waals surface area (Å²) in [5.74, 6) is -0.883. The number of carbonyl (C=O) groups is 2. The predicted molar refractivity (Wildman–Crippen MR) is 67.9 cm³/mol. The van der Waals surface area contributed by atoms with E-state index in [0.29, 0.717) is 5.56 Å². The van der Waals surface area contributed by atoms with Gasteiger partial charge in [0.1, 0.15) is 11.9 Å². The quantitative estimate of drug-likeness (QED) is 0.892. The molecule has 0 aliphatic carbocycles. The zero-order valence-electron chi connectivity index (χ0n) is 10.6. The SMILES string of the molecule is CC(C)C1C(=O)C=C(c2cccc(F)c2)N1C(=O)O. The number of ketones is 1. The van der Waals surface area contributed by atoms with Crippen molar-refractivity contribution < 1.29 is 19.1 Å². The van der Waals surface area contributed by atoms with Crippen LogP contribution in [-0.4, -0.2) is 27.9 Å². The van der Waals surface area contributed by atoms with Gasteiger partial charge in [-0.1, -0.05) is 26.0 Å². The minimum atomic E-state index is -1.21. The fourth-order valence-electron chi connectivity index (χ4n) is 2.29. The summed E-state index contributed by atoms with van der Waals surface area (Å²) < 4.78 is 13.2. The molecule has 1 aromatic carbocycles. The molecule has 2 rings (SSSR count). The van der Waals surface area contributed by atoms with E-state index in [4.69, 9.17) is 0 Å². The number of halogens is 1. The molecule has 1 amide bonds. The first kappa shape index (κ1) is 13.3. The van der Waals surface area contributed by atoms with Crippen LogP contribution in [0.1, 0.15) is 19.4 Å². The van der Waals surface area contributed by atoms with Crippen LogP contribution in [0.4, 0.5) is 9.18 Å². The molecular weight excluding hydrogens is 249 g/mol. The molecule has 5 heteroatoms. The molecule has 0 spiro atoms. The van der Waals surface area contributed by atoms with Crippen molar-refractivity contribution in [2.75, 3.05) is 0 Å². The molecule has 1 aromatic rings. The lowest BCUT2D eigenvalue weighted by molar-refractivity contribution is -0.118. The topological polar surface area (TPSA) is 57.6 Å². The fraction of sp³-hybridized carbons (Fsp3) is 0.286. The molecule has 100 valence electrons. The lowest BCUT2D eigenvalue weighted by Crippen LogP contribution is -2.41. The van der Waals surface area contributed by atoms with E-state index in [1.165, 1.54) is 24.3 Å². The number of carboxylic acid groups (broad SMARTS) is 1. The molecule has 1 heterocycles. The molecule has 1 aliphatic heterocycles. The van der Waals surface area contributed by atoms with Gasteiger partial charge in [0.25, 0.3) is 0 Å². The summed E-state index contributed by atoms with van der Waals surface area (Å²) in [5, 5.41) is 9.29. The van der Waals surface area contributed by atoms with E-state index in [2.05, 4.69) is 0 Å². The molecule has 0 saturated carbocycles. The van der Waals surface area contributed by atoms with E-state index in [-0.39, 0.29) is 17.4 Å². The van der Waals surface area contributed by atoms with E-state index < -0.39 is 18.0 Å². The first-order valence-corrected chi connectivity index (χ1v) is 5.95. The molecule has 0 radical (unpaired) electrons. The summed E-state index contributed by atoms with van der Waals surface area (Å²) in [6, 6.07) is 4.82. The lowest BCUT2D eigenvalue weighted by Gasteiger charge is -2.26. The van der Waals surface area contributed by atoms with Crippen molar-refractivity contribution in [3.8, 4) is 0 Å². The molecule has 0 fully saturated rings. The van der Waals surface area contributed by atoms with Gasteiger partial charge >= 0.3 is 6.09 Å². The first-order valence-electron chi connectivity index (χ1n) is 5.95. The van der Waals surface area contributed by atoms with Gasteiger partial charge in [0.2, 0.25) is 0 Å². The minimum absolute atomic E-state index is 0.147. The van der Waals surface area contributed by atoms with Crippen LogP contribution in [0, 0.1) is 11.7 Å². The van der Waals surface area contributed by atoms with Crippen LogP contribution in [0.5, 0.6) is 0 Å². The van der Waals surface area contributed by atoms with Crippen LogP contribution in [0.15, 0.2) is 30.3 Å². The Hall–Kier alpha value is -2.17. The third kappa shape index (κ3) is 2.36. The van der Waals surface area contributed by atoms with Gasteiger partial charge in [0.15, 0.2) is 5.78 Å². The minimum Gasteiger partial charge on any atom is -0.465 e. The number of nitrogens with zero attached hydrogens (tertiary/aromatic N) is 1. The van der Waals surface area contributed by atoms with Gasteiger partial charge in [-0.25, -0.2) is 9.18 Å². The zero-order valence-corrected chi connectivity index (χ0v) is 10.6. The van der Waals surface area contributed by atoms with E-state index >= 15 is 0 Å². The maximum atomic E-state index is 13.2. The summed E-state index contributed by atoms with van der Waals surface area (Å²) >= 11 is 0. The number of amides is 1. The van der Waals surface area contributed by atoms with E-state index in [0.717, 1.165) is 4.90 Å². The molecule has 1 atom stereocenters. The number of benzene rings is 1. The standard InChI is InChI=1S/C14H14FNO3/c1-8(2)13-12(17)7-11(16(13)14(18)19)9-4-3-5-10(15)6-9/h3-8,13H,1-2H3,(H,18,19). The molecule has 19 heavy (non-hydrogen) atoms. The van der Waals surface area contributed by atoms with Crippen molar-refractivity contribution in [1.29, 1.82) is 0 Å². The first-order chi connectivity index (χ1) is 8.91. The molecular formula is C14H14FNO3. The van der Waals surface area contributed by atoms with Crippen LogP contribution in [0.25, 0.3) is 5.70 Å². The van der Waals surface area contributed by atoms with E-state index in [1.807, 2.05) is 0 Å². The van der Waals surface area contributed by atoms with Crippen molar-refractivity contribution in [1.82, 2.24) is 4.90 Å². The summed E-state index contributed by atoms with van der Waals surface area (Å²) in [7, 11) is 0. The van der Waals surface area contributed by atoms with Crippen molar-refractivity contribution >= 4 is 17.6 Å². The van der Waals surface area contributed by atoms with Crippen molar-refractivity contribution in [2.24, 2.45) is 5.92 Å². The maximum absolute atomic E-state index is 13.2. The smallest absolute Gasteiger partial charge is 0.412 e. The van der Waals surface area contributed by atoms with Gasteiger partial charge in [-0.15, -0.1) is 0 Å². The van der Waals surface area contributed by atoms with Crippen molar-refractivity contribution in [3.05, 3.63) is 41.7 Å². The van der Waals surface area contributed by atoms with Crippen molar-refractivity contribution in [3.63, 3.8) is 0 Å². The molecule has 0 bridgehead atoms. The Bertz CT molecular complexity index is 566. The molecule has 1 unspecified atom stereocenters. The second-order valence-corrected chi connectivity index (χ2v) is 4.78. The maximum Gasteiger partial charge on any atom is 0.412 e. The number of hydrogen-bond acceptors (Lipinski definition) is 2. The highest BCUT2D eigenvalue weighted by molar-refractivity contribution is 6.08. The normalized spacial score (nSPS) is 18.9. The van der Waals surface area contributed by atoms with Crippen LogP contribution >= 0.6 is 0 Å². The Labute approximate surface area is 110 Å². The summed E-state index contributed by atoms with van der Waals surface area (Å²) in [5.41, 5.74) is 0.620. The Balaban J connectivity index is 2.47. The third-order valence-electron chi connectivity index (χ3n) is 3.07. The Kier molecular flexibility index (Phi) is 3.38. The summed E-state index contributed by atoms with van der Waals surface area (Å²) in [6.45, 7) is 3.56.